The Morgan fingerprint density at radius 2 is 1.96 bits per heavy atom. The third-order valence-electron chi connectivity index (χ3n) is 6.02. The maximum absolute atomic E-state index is 12.8. The number of carbonyl (C=O) groups is 1. The minimum absolute atomic E-state index is 0.0168. The number of rotatable bonds is 3. The lowest BCUT2D eigenvalue weighted by Gasteiger charge is -2.45. The zero-order valence-corrected chi connectivity index (χ0v) is 15.8. The molecule has 2 fully saturated rings. The van der Waals surface area contributed by atoms with Crippen molar-refractivity contribution in [1.29, 1.82) is 0 Å². The molecule has 1 aromatic carbocycles. The fraction of sp³-hybridized carbons (Fsp3) is 0.500. The molecule has 5 rings (SSSR count). The van der Waals surface area contributed by atoms with E-state index < -0.39 is 0 Å². The largest absolute Gasteiger partial charge is 0.454 e. The number of hydrogen-bond donors (Lipinski definition) is 2. The highest BCUT2D eigenvalue weighted by atomic mass is 32.1. The number of hydrogen-bond acceptors (Lipinski definition) is 6. The van der Waals surface area contributed by atoms with Gasteiger partial charge in [-0.05, 0) is 55.7 Å². The second-order valence-electron chi connectivity index (χ2n) is 7.78. The van der Waals surface area contributed by atoms with Gasteiger partial charge in [-0.2, -0.15) is 0 Å². The van der Waals surface area contributed by atoms with E-state index in [1.807, 2.05) is 18.2 Å². The van der Waals surface area contributed by atoms with Gasteiger partial charge in [-0.15, -0.1) is 11.3 Å². The van der Waals surface area contributed by atoms with Crippen molar-refractivity contribution in [1.82, 2.24) is 10.3 Å². The van der Waals surface area contributed by atoms with Crippen molar-refractivity contribution in [3.63, 3.8) is 0 Å². The summed E-state index contributed by atoms with van der Waals surface area (Å²) in [5, 5.41) is 4.10. The molecule has 3 aliphatic rings. The first kappa shape index (κ1) is 17.0. The molecule has 27 heavy (non-hydrogen) atoms. The summed E-state index contributed by atoms with van der Waals surface area (Å²) in [6.07, 6.45) is 7.30. The minimum atomic E-state index is -0.0168. The first-order valence-corrected chi connectivity index (χ1v) is 10.4. The van der Waals surface area contributed by atoms with E-state index in [1.165, 1.54) is 30.6 Å². The molecular formula is C20H23N3O3S. The number of nitrogens with two attached hydrogens (primary N) is 1. The molecule has 0 spiro atoms. The van der Waals surface area contributed by atoms with Crippen LogP contribution in [0.15, 0.2) is 24.4 Å². The van der Waals surface area contributed by atoms with Crippen molar-refractivity contribution < 1.29 is 14.3 Å². The molecule has 2 bridgehead atoms. The molecule has 3 N–H and O–H groups in total. The SMILES string of the molecule is NC1CC2CCCC(C1)C2NC(=O)c1cnc(-c2ccc3c(c2)OCO3)s1. The highest BCUT2D eigenvalue weighted by Crippen LogP contribution is 2.40. The number of fused-ring (bicyclic) bond motifs is 3. The van der Waals surface area contributed by atoms with E-state index >= 15 is 0 Å². The van der Waals surface area contributed by atoms with Crippen LogP contribution in [0.4, 0.5) is 0 Å². The van der Waals surface area contributed by atoms with Gasteiger partial charge in [0.25, 0.3) is 5.91 Å². The number of benzene rings is 1. The van der Waals surface area contributed by atoms with Crippen LogP contribution in [-0.2, 0) is 0 Å². The average Bonchev–Trinajstić information content (AvgIpc) is 3.31. The predicted octanol–water partition coefficient (Wildman–Crippen LogP) is 3.17. The van der Waals surface area contributed by atoms with Crippen LogP contribution >= 0.6 is 11.3 Å². The van der Waals surface area contributed by atoms with Gasteiger partial charge in [-0.3, -0.25) is 4.79 Å². The number of nitrogens with one attached hydrogen (secondary N) is 1. The number of carbonyl (C=O) groups excluding carboxylic acids is 1. The van der Waals surface area contributed by atoms with Crippen molar-refractivity contribution in [3.8, 4) is 22.1 Å². The summed E-state index contributed by atoms with van der Waals surface area (Å²) in [5.74, 6) is 2.47. The molecule has 1 aliphatic heterocycles. The summed E-state index contributed by atoms with van der Waals surface area (Å²) in [6, 6.07) is 6.28. The molecular weight excluding hydrogens is 362 g/mol. The maximum Gasteiger partial charge on any atom is 0.263 e. The summed E-state index contributed by atoms with van der Waals surface area (Å²) in [7, 11) is 0. The molecule has 2 aliphatic carbocycles. The Bertz CT molecular complexity index is 854. The van der Waals surface area contributed by atoms with Crippen molar-refractivity contribution in [2.75, 3.05) is 6.79 Å². The number of thiazole rings is 1. The van der Waals surface area contributed by atoms with Crippen LogP contribution in [0.2, 0.25) is 0 Å². The van der Waals surface area contributed by atoms with Crippen LogP contribution in [0.1, 0.15) is 41.8 Å². The first-order chi connectivity index (χ1) is 13.2. The fourth-order valence-corrected chi connectivity index (χ4v) is 5.61. The summed E-state index contributed by atoms with van der Waals surface area (Å²) in [6.45, 7) is 0.248. The van der Waals surface area contributed by atoms with Crippen molar-refractivity contribution in [2.24, 2.45) is 17.6 Å². The number of aromatic nitrogens is 1. The van der Waals surface area contributed by atoms with Gasteiger partial charge in [0.15, 0.2) is 11.5 Å². The molecule has 1 aromatic heterocycles. The molecule has 7 heteroatoms. The second-order valence-corrected chi connectivity index (χ2v) is 8.81. The average molecular weight is 385 g/mol. The van der Waals surface area contributed by atoms with Crippen LogP contribution in [-0.4, -0.2) is 29.8 Å². The zero-order valence-electron chi connectivity index (χ0n) is 15.0. The molecule has 6 nitrogen and oxygen atoms in total. The van der Waals surface area contributed by atoms with Crippen LogP contribution in [0.3, 0.4) is 0 Å². The van der Waals surface area contributed by atoms with Gasteiger partial charge in [-0.1, -0.05) is 6.42 Å². The topological polar surface area (TPSA) is 86.5 Å². The normalized spacial score (nSPS) is 28.8. The molecule has 2 unspecified atom stereocenters. The number of ether oxygens (including phenoxy) is 2. The fourth-order valence-electron chi connectivity index (χ4n) is 4.79. The smallest absolute Gasteiger partial charge is 0.263 e. The van der Waals surface area contributed by atoms with E-state index in [2.05, 4.69) is 10.3 Å². The lowest BCUT2D eigenvalue weighted by Crippen LogP contribution is -2.53. The third-order valence-corrected chi connectivity index (χ3v) is 7.07. The van der Waals surface area contributed by atoms with Crippen molar-refractivity contribution >= 4 is 17.2 Å². The van der Waals surface area contributed by atoms with Gasteiger partial charge in [0.1, 0.15) is 9.88 Å². The van der Waals surface area contributed by atoms with Gasteiger partial charge >= 0.3 is 0 Å². The standard InChI is InChI=1S/C20H23N3O3S/c21-14-6-11-2-1-3-12(7-14)18(11)23-19(24)17-9-22-20(27-17)13-4-5-15-16(8-13)26-10-25-15/h4-5,8-9,11-12,14,18H,1-3,6-7,10,21H2,(H,23,24). The lowest BCUT2D eigenvalue weighted by atomic mass is 9.67. The molecule has 0 saturated heterocycles. The van der Waals surface area contributed by atoms with Gasteiger partial charge in [-0.25, -0.2) is 4.98 Å². The Morgan fingerprint density at radius 1 is 1.19 bits per heavy atom. The van der Waals surface area contributed by atoms with Gasteiger partial charge in [0, 0.05) is 17.6 Å². The maximum atomic E-state index is 12.8. The van der Waals surface area contributed by atoms with E-state index in [1.54, 1.807) is 6.20 Å². The summed E-state index contributed by atoms with van der Waals surface area (Å²) in [5.41, 5.74) is 7.13. The van der Waals surface area contributed by atoms with E-state index in [0.29, 0.717) is 16.7 Å². The molecule has 2 atom stereocenters. The summed E-state index contributed by atoms with van der Waals surface area (Å²) >= 11 is 1.41. The molecule has 0 radical (unpaired) electrons. The molecule has 1 amide bonds. The van der Waals surface area contributed by atoms with Gasteiger partial charge in [0.05, 0.1) is 6.20 Å². The monoisotopic (exact) mass is 385 g/mol. The number of amides is 1. The summed E-state index contributed by atoms with van der Waals surface area (Å²) in [4.78, 5) is 17.9. The highest BCUT2D eigenvalue weighted by Gasteiger charge is 2.40. The Hall–Kier alpha value is -2.12. The molecule has 142 valence electrons. The van der Waals surface area contributed by atoms with Crippen LogP contribution in [0, 0.1) is 11.8 Å². The Balaban J connectivity index is 1.32. The third kappa shape index (κ3) is 3.19. The van der Waals surface area contributed by atoms with E-state index in [-0.39, 0.29) is 24.8 Å². The molecule has 2 saturated carbocycles. The van der Waals surface area contributed by atoms with E-state index in [9.17, 15) is 4.79 Å². The van der Waals surface area contributed by atoms with Gasteiger partial charge < -0.3 is 20.5 Å². The Morgan fingerprint density at radius 3 is 2.78 bits per heavy atom. The first-order valence-electron chi connectivity index (χ1n) is 9.59. The zero-order chi connectivity index (χ0) is 18.4. The Labute approximate surface area is 162 Å². The molecule has 2 aromatic rings. The van der Waals surface area contributed by atoms with E-state index in [4.69, 9.17) is 15.2 Å². The van der Waals surface area contributed by atoms with Crippen LogP contribution in [0.25, 0.3) is 10.6 Å². The van der Waals surface area contributed by atoms with E-state index in [0.717, 1.165) is 34.9 Å². The van der Waals surface area contributed by atoms with Crippen molar-refractivity contribution in [2.45, 2.75) is 44.2 Å². The van der Waals surface area contributed by atoms with Crippen molar-refractivity contribution in [3.05, 3.63) is 29.3 Å². The highest BCUT2D eigenvalue weighted by molar-refractivity contribution is 7.16. The second kappa shape index (κ2) is 6.80. The predicted molar refractivity (Wildman–Crippen MR) is 103 cm³/mol. The summed E-state index contributed by atoms with van der Waals surface area (Å²) < 4.78 is 10.8. The van der Waals surface area contributed by atoms with Crippen LogP contribution in [0.5, 0.6) is 11.5 Å². The Kier molecular flexibility index (Phi) is 4.28. The molecule has 2 heterocycles. The van der Waals surface area contributed by atoms with Crippen LogP contribution < -0.4 is 20.5 Å². The van der Waals surface area contributed by atoms with Gasteiger partial charge in [0.2, 0.25) is 6.79 Å². The number of nitrogens with zero attached hydrogens (tertiary/aromatic N) is 1. The quantitative estimate of drug-likeness (QED) is 0.847. The lowest BCUT2D eigenvalue weighted by molar-refractivity contribution is 0.0759. The minimum Gasteiger partial charge on any atom is -0.454 e.